The van der Waals surface area contributed by atoms with Crippen LogP contribution < -0.4 is 5.48 Å². The zero-order valence-electron chi connectivity index (χ0n) is 4.13. The lowest BCUT2D eigenvalue weighted by Crippen LogP contribution is -2.09. The number of carbonyl (C=O) groups excluding carboxylic acids is 1. The molecule has 1 heterocycles. The molecule has 1 rings (SSSR count). The third-order valence-corrected chi connectivity index (χ3v) is 0.667. The minimum Gasteiger partial charge on any atom is -0.339 e. The summed E-state index contributed by atoms with van der Waals surface area (Å²) in [4.78, 5) is 14.6. The highest BCUT2D eigenvalue weighted by Gasteiger charge is 1.93. The standard InChI is InChI=1S/C5H5NO2/c7-5-3-1-2-4-6-8-5/h1-4,6H. The van der Waals surface area contributed by atoms with Gasteiger partial charge in [-0.1, -0.05) is 6.08 Å². The molecule has 1 aliphatic heterocycles. The van der Waals surface area contributed by atoms with E-state index in [9.17, 15) is 4.79 Å². The first kappa shape index (κ1) is 4.90. The Morgan fingerprint density at radius 1 is 1.50 bits per heavy atom. The lowest BCUT2D eigenvalue weighted by Gasteiger charge is -1.92. The van der Waals surface area contributed by atoms with E-state index in [-0.39, 0.29) is 5.97 Å². The monoisotopic (exact) mass is 111 g/mol. The van der Waals surface area contributed by atoms with Crippen LogP contribution in [0.2, 0.25) is 0 Å². The van der Waals surface area contributed by atoms with Crippen molar-refractivity contribution in [3.8, 4) is 0 Å². The summed E-state index contributed by atoms with van der Waals surface area (Å²) in [5.74, 6) is -0.380. The average molecular weight is 111 g/mol. The third kappa shape index (κ3) is 1.11. The largest absolute Gasteiger partial charge is 0.355 e. The van der Waals surface area contributed by atoms with Gasteiger partial charge in [-0.15, -0.1) is 0 Å². The molecule has 1 aliphatic rings. The maximum atomic E-state index is 10.3. The van der Waals surface area contributed by atoms with Crippen molar-refractivity contribution < 1.29 is 9.63 Å². The molecular formula is C5H5NO2. The summed E-state index contributed by atoms with van der Waals surface area (Å²) in [7, 11) is 0. The predicted molar refractivity (Wildman–Crippen MR) is 27.5 cm³/mol. The van der Waals surface area contributed by atoms with Crippen LogP contribution >= 0.6 is 0 Å². The maximum Gasteiger partial charge on any atom is 0.355 e. The molecule has 3 heteroatoms. The van der Waals surface area contributed by atoms with Crippen LogP contribution in [0.25, 0.3) is 0 Å². The molecule has 0 unspecified atom stereocenters. The molecule has 0 spiro atoms. The van der Waals surface area contributed by atoms with Gasteiger partial charge >= 0.3 is 5.97 Å². The van der Waals surface area contributed by atoms with E-state index in [0.717, 1.165) is 0 Å². The minimum atomic E-state index is -0.380. The van der Waals surface area contributed by atoms with Crippen LogP contribution in [0.4, 0.5) is 0 Å². The van der Waals surface area contributed by atoms with Gasteiger partial charge in [0.15, 0.2) is 0 Å². The topological polar surface area (TPSA) is 38.3 Å². The van der Waals surface area contributed by atoms with Crippen molar-refractivity contribution in [3.05, 3.63) is 24.4 Å². The van der Waals surface area contributed by atoms with Crippen LogP contribution in [-0.2, 0) is 9.63 Å². The minimum absolute atomic E-state index is 0.380. The first-order chi connectivity index (χ1) is 3.89. The molecule has 0 saturated heterocycles. The summed E-state index contributed by atoms with van der Waals surface area (Å²) in [6, 6.07) is 0. The molecule has 0 saturated carbocycles. The van der Waals surface area contributed by atoms with Crippen molar-refractivity contribution in [3.63, 3.8) is 0 Å². The van der Waals surface area contributed by atoms with Crippen molar-refractivity contribution in [2.24, 2.45) is 0 Å². The Morgan fingerprint density at radius 3 is 3.25 bits per heavy atom. The summed E-state index contributed by atoms with van der Waals surface area (Å²) < 4.78 is 0. The highest BCUT2D eigenvalue weighted by atomic mass is 16.7. The molecule has 0 aromatic rings. The number of hydrogen-bond acceptors (Lipinski definition) is 3. The van der Waals surface area contributed by atoms with E-state index in [2.05, 4.69) is 10.3 Å². The second-order valence-electron chi connectivity index (χ2n) is 1.26. The first-order valence-corrected chi connectivity index (χ1v) is 2.19. The van der Waals surface area contributed by atoms with Gasteiger partial charge in [0.2, 0.25) is 0 Å². The molecule has 0 bridgehead atoms. The molecule has 0 radical (unpaired) electrons. The van der Waals surface area contributed by atoms with Crippen molar-refractivity contribution in [1.82, 2.24) is 5.48 Å². The number of carbonyl (C=O) groups is 1. The zero-order valence-corrected chi connectivity index (χ0v) is 4.13. The molecule has 3 nitrogen and oxygen atoms in total. The molecule has 1 N–H and O–H groups in total. The van der Waals surface area contributed by atoms with Crippen molar-refractivity contribution in [1.29, 1.82) is 0 Å². The fraction of sp³-hybridized carbons (Fsp3) is 0. The highest BCUT2D eigenvalue weighted by Crippen LogP contribution is 1.84. The Balaban J connectivity index is 2.58. The summed E-state index contributed by atoms with van der Waals surface area (Å²) in [5.41, 5.74) is 2.30. The first-order valence-electron chi connectivity index (χ1n) is 2.19. The molecule has 42 valence electrons. The van der Waals surface area contributed by atoms with Gasteiger partial charge in [0.1, 0.15) is 0 Å². The number of nitrogens with one attached hydrogen (secondary N) is 1. The molecular weight excluding hydrogens is 106 g/mol. The second-order valence-corrected chi connectivity index (χ2v) is 1.26. The van der Waals surface area contributed by atoms with E-state index in [1.165, 1.54) is 12.3 Å². The van der Waals surface area contributed by atoms with Gasteiger partial charge in [-0.2, -0.15) is 0 Å². The van der Waals surface area contributed by atoms with Gasteiger partial charge in [-0.05, 0) is 6.08 Å². The third-order valence-electron chi connectivity index (χ3n) is 0.667. The van der Waals surface area contributed by atoms with Crippen molar-refractivity contribution in [2.45, 2.75) is 0 Å². The van der Waals surface area contributed by atoms with Crippen LogP contribution in [0.5, 0.6) is 0 Å². The zero-order chi connectivity index (χ0) is 5.82. The van der Waals surface area contributed by atoms with Crippen molar-refractivity contribution in [2.75, 3.05) is 0 Å². The average Bonchev–Trinajstić information content (AvgIpc) is 1.94. The Kier molecular flexibility index (Phi) is 1.32. The van der Waals surface area contributed by atoms with E-state index < -0.39 is 0 Å². The van der Waals surface area contributed by atoms with E-state index in [1.54, 1.807) is 12.2 Å². The molecule has 0 aliphatic carbocycles. The van der Waals surface area contributed by atoms with E-state index in [0.29, 0.717) is 0 Å². The molecule has 0 amide bonds. The lowest BCUT2D eigenvalue weighted by atomic mass is 10.5. The maximum absolute atomic E-state index is 10.3. The van der Waals surface area contributed by atoms with Gasteiger partial charge in [0.05, 0.1) is 0 Å². The number of allylic oxidation sites excluding steroid dienone is 2. The number of rotatable bonds is 0. The van der Waals surface area contributed by atoms with E-state index >= 15 is 0 Å². The van der Waals surface area contributed by atoms with Gasteiger partial charge in [-0.25, -0.2) is 10.3 Å². The Hall–Kier alpha value is -1.25. The number of hydrogen-bond donors (Lipinski definition) is 1. The smallest absolute Gasteiger partial charge is 0.339 e. The van der Waals surface area contributed by atoms with Gasteiger partial charge < -0.3 is 4.84 Å². The van der Waals surface area contributed by atoms with Crippen LogP contribution in [0.15, 0.2) is 24.4 Å². The normalized spacial score (nSPS) is 16.8. The molecule has 0 fully saturated rings. The number of hydroxylamine groups is 1. The summed E-state index contributed by atoms with van der Waals surface area (Å²) in [6.45, 7) is 0. The second kappa shape index (κ2) is 2.16. The molecule has 0 aromatic carbocycles. The quantitative estimate of drug-likeness (QED) is 0.482. The van der Waals surface area contributed by atoms with Crippen LogP contribution in [0.3, 0.4) is 0 Å². The van der Waals surface area contributed by atoms with E-state index in [1.807, 2.05) is 0 Å². The SMILES string of the molecule is O=C1C=CC=CNO1. The van der Waals surface area contributed by atoms with Gasteiger partial charge in [0.25, 0.3) is 0 Å². The summed E-state index contributed by atoms with van der Waals surface area (Å²) in [5, 5.41) is 0. The Morgan fingerprint density at radius 2 is 2.38 bits per heavy atom. The summed E-state index contributed by atoms with van der Waals surface area (Å²) >= 11 is 0. The fourth-order valence-corrected chi connectivity index (χ4v) is 0.355. The van der Waals surface area contributed by atoms with Crippen LogP contribution in [0, 0.1) is 0 Å². The summed E-state index contributed by atoms with van der Waals surface area (Å²) in [6.07, 6.45) is 6.13. The van der Waals surface area contributed by atoms with Crippen LogP contribution in [0.1, 0.15) is 0 Å². The van der Waals surface area contributed by atoms with Gasteiger partial charge in [-0.3, -0.25) is 0 Å². The van der Waals surface area contributed by atoms with Gasteiger partial charge in [0, 0.05) is 12.3 Å². The molecule has 0 atom stereocenters. The lowest BCUT2D eigenvalue weighted by molar-refractivity contribution is -0.142. The fourth-order valence-electron chi connectivity index (χ4n) is 0.355. The Labute approximate surface area is 46.6 Å². The predicted octanol–water partition coefficient (Wildman–Crippen LogP) is 0.118. The highest BCUT2D eigenvalue weighted by molar-refractivity contribution is 5.82. The van der Waals surface area contributed by atoms with Crippen molar-refractivity contribution >= 4 is 5.97 Å². The molecule has 0 aromatic heterocycles. The van der Waals surface area contributed by atoms with E-state index in [4.69, 9.17) is 0 Å². The molecule has 8 heavy (non-hydrogen) atoms. The Bertz CT molecular complexity index is 149. The van der Waals surface area contributed by atoms with Crippen LogP contribution in [-0.4, -0.2) is 5.97 Å².